The Kier molecular flexibility index (Phi) is 4.28. The number of primary sulfonamides is 1. The number of sulfonamides is 1. The maximum atomic E-state index is 11.2. The second-order valence-electron chi connectivity index (χ2n) is 5.35. The van der Waals surface area contributed by atoms with Crippen molar-refractivity contribution >= 4 is 10.0 Å². The van der Waals surface area contributed by atoms with Crippen molar-refractivity contribution in [3.63, 3.8) is 0 Å². The lowest BCUT2D eigenvalue weighted by Gasteiger charge is -2.22. The molecule has 0 bridgehead atoms. The lowest BCUT2D eigenvalue weighted by molar-refractivity contribution is 0.405. The van der Waals surface area contributed by atoms with E-state index in [0.717, 1.165) is 17.9 Å². The molecule has 1 aliphatic rings. The molecule has 0 heterocycles. The van der Waals surface area contributed by atoms with Crippen molar-refractivity contribution in [2.75, 3.05) is 0 Å². The molecule has 106 valence electrons. The van der Waals surface area contributed by atoms with Crippen LogP contribution in [0.25, 0.3) is 0 Å². The van der Waals surface area contributed by atoms with Gasteiger partial charge in [0.05, 0.1) is 4.90 Å². The van der Waals surface area contributed by atoms with E-state index in [9.17, 15) is 8.42 Å². The third kappa shape index (κ3) is 3.78. The largest absolute Gasteiger partial charge is 0.307 e. The van der Waals surface area contributed by atoms with E-state index in [1.165, 1.54) is 12.8 Å². The third-order valence-corrected chi connectivity index (χ3v) is 4.73. The van der Waals surface area contributed by atoms with Crippen LogP contribution in [0.15, 0.2) is 29.2 Å². The molecule has 0 spiro atoms. The topological polar surface area (TPSA) is 72.2 Å². The Labute approximate surface area is 115 Å². The molecule has 0 radical (unpaired) electrons. The SMILES string of the molecule is CCC(NC(C)c1ccc(S(N)(=O)=O)cc1)C1CC1. The normalized spacial score (nSPS) is 19.1. The Morgan fingerprint density at radius 3 is 2.32 bits per heavy atom. The molecule has 0 aromatic heterocycles. The first-order chi connectivity index (χ1) is 8.91. The number of nitrogens with one attached hydrogen (secondary N) is 1. The lowest BCUT2D eigenvalue weighted by Crippen LogP contribution is -2.32. The smallest absolute Gasteiger partial charge is 0.238 e. The van der Waals surface area contributed by atoms with Gasteiger partial charge in [-0.1, -0.05) is 19.1 Å². The maximum Gasteiger partial charge on any atom is 0.238 e. The molecule has 4 nitrogen and oxygen atoms in total. The first-order valence-electron chi connectivity index (χ1n) is 6.80. The van der Waals surface area contributed by atoms with Crippen molar-refractivity contribution in [1.29, 1.82) is 0 Å². The number of hydrogen-bond acceptors (Lipinski definition) is 3. The van der Waals surface area contributed by atoms with E-state index in [1.54, 1.807) is 12.1 Å². The summed E-state index contributed by atoms with van der Waals surface area (Å²) in [5.41, 5.74) is 1.09. The standard InChI is InChI=1S/C14H22N2O2S/c1-3-14(12-4-5-12)16-10(2)11-6-8-13(9-7-11)19(15,17)18/h6-10,12,14,16H,3-5H2,1-2H3,(H2,15,17,18). The molecule has 5 heteroatoms. The van der Waals surface area contributed by atoms with Crippen molar-refractivity contribution in [2.24, 2.45) is 11.1 Å². The van der Waals surface area contributed by atoms with Gasteiger partial charge in [0.15, 0.2) is 0 Å². The van der Waals surface area contributed by atoms with Crippen LogP contribution in [0.1, 0.15) is 44.7 Å². The highest BCUT2D eigenvalue weighted by molar-refractivity contribution is 7.89. The molecule has 0 saturated heterocycles. The number of hydrogen-bond donors (Lipinski definition) is 2. The minimum atomic E-state index is -3.60. The van der Waals surface area contributed by atoms with Crippen LogP contribution in [-0.4, -0.2) is 14.5 Å². The molecule has 1 aromatic carbocycles. The second-order valence-corrected chi connectivity index (χ2v) is 6.92. The number of nitrogens with two attached hydrogens (primary N) is 1. The maximum absolute atomic E-state index is 11.2. The second kappa shape index (κ2) is 5.61. The Morgan fingerprint density at radius 1 is 1.32 bits per heavy atom. The summed E-state index contributed by atoms with van der Waals surface area (Å²) in [5.74, 6) is 0.816. The fraction of sp³-hybridized carbons (Fsp3) is 0.571. The van der Waals surface area contributed by atoms with Gasteiger partial charge in [-0.25, -0.2) is 13.6 Å². The van der Waals surface area contributed by atoms with Crippen LogP contribution in [0.4, 0.5) is 0 Å². The van der Waals surface area contributed by atoms with Crippen LogP contribution in [0.3, 0.4) is 0 Å². The number of benzene rings is 1. The predicted molar refractivity (Wildman–Crippen MR) is 76.2 cm³/mol. The predicted octanol–water partition coefficient (Wildman–Crippen LogP) is 2.17. The first kappa shape index (κ1) is 14.5. The minimum Gasteiger partial charge on any atom is -0.307 e. The molecule has 2 rings (SSSR count). The van der Waals surface area contributed by atoms with Crippen LogP contribution in [0, 0.1) is 5.92 Å². The average molecular weight is 282 g/mol. The molecule has 1 saturated carbocycles. The fourth-order valence-corrected chi connectivity index (χ4v) is 2.96. The van der Waals surface area contributed by atoms with E-state index in [0.29, 0.717) is 6.04 Å². The van der Waals surface area contributed by atoms with E-state index in [4.69, 9.17) is 5.14 Å². The van der Waals surface area contributed by atoms with Gasteiger partial charge >= 0.3 is 0 Å². The molecule has 2 atom stereocenters. The molecule has 1 aliphatic carbocycles. The first-order valence-corrected chi connectivity index (χ1v) is 8.35. The van der Waals surface area contributed by atoms with Crippen molar-refractivity contribution in [2.45, 2.75) is 50.1 Å². The monoisotopic (exact) mass is 282 g/mol. The van der Waals surface area contributed by atoms with Crippen molar-refractivity contribution in [3.05, 3.63) is 29.8 Å². The molecule has 1 fully saturated rings. The van der Waals surface area contributed by atoms with Crippen LogP contribution in [0.5, 0.6) is 0 Å². The van der Waals surface area contributed by atoms with E-state index in [-0.39, 0.29) is 10.9 Å². The molecule has 3 N–H and O–H groups in total. The van der Waals surface area contributed by atoms with Gasteiger partial charge in [-0.05, 0) is 49.8 Å². The molecular weight excluding hydrogens is 260 g/mol. The lowest BCUT2D eigenvalue weighted by atomic mass is 10.0. The van der Waals surface area contributed by atoms with Crippen molar-refractivity contribution < 1.29 is 8.42 Å². The molecule has 19 heavy (non-hydrogen) atoms. The highest BCUT2D eigenvalue weighted by Gasteiger charge is 2.30. The summed E-state index contributed by atoms with van der Waals surface area (Å²) in [6.45, 7) is 4.31. The summed E-state index contributed by atoms with van der Waals surface area (Å²) < 4.78 is 22.4. The van der Waals surface area contributed by atoms with Gasteiger partial charge in [0.1, 0.15) is 0 Å². The summed E-state index contributed by atoms with van der Waals surface area (Å²) in [5, 5.41) is 8.71. The zero-order valence-electron chi connectivity index (χ0n) is 11.5. The van der Waals surface area contributed by atoms with E-state index >= 15 is 0 Å². The van der Waals surface area contributed by atoms with Gasteiger partial charge in [-0.15, -0.1) is 0 Å². The Hall–Kier alpha value is -0.910. The fourth-order valence-electron chi connectivity index (χ4n) is 2.45. The molecular formula is C14H22N2O2S. The molecule has 1 aromatic rings. The van der Waals surface area contributed by atoms with Crippen LogP contribution in [-0.2, 0) is 10.0 Å². The molecule has 0 amide bonds. The van der Waals surface area contributed by atoms with E-state index < -0.39 is 10.0 Å². The number of rotatable bonds is 6. The van der Waals surface area contributed by atoms with Crippen LogP contribution in [0.2, 0.25) is 0 Å². The Balaban J connectivity index is 2.04. The van der Waals surface area contributed by atoms with Gasteiger partial charge in [0, 0.05) is 12.1 Å². The zero-order chi connectivity index (χ0) is 14.0. The minimum absolute atomic E-state index is 0.165. The van der Waals surface area contributed by atoms with Gasteiger partial charge in [0.25, 0.3) is 0 Å². The van der Waals surface area contributed by atoms with Gasteiger partial charge in [-0.2, -0.15) is 0 Å². The third-order valence-electron chi connectivity index (χ3n) is 3.80. The highest BCUT2D eigenvalue weighted by Crippen LogP contribution is 2.35. The summed E-state index contributed by atoms with van der Waals surface area (Å²) >= 11 is 0. The van der Waals surface area contributed by atoms with Crippen LogP contribution < -0.4 is 10.5 Å². The quantitative estimate of drug-likeness (QED) is 0.840. The van der Waals surface area contributed by atoms with Gasteiger partial charge in [0.2, 0.25) is 10.0 Å². The average Bonchev–Trinajstić information content (AvgIpc) is 3.19. The van der Waals surface area contributed by atoms with E-state index in [1.807, 2.05) is 12.1 Å². The summed E-state index contributed by atoms with van der Waals surface area (Å²) in [6, 6.07) is 7.59. The summed E-state index contributed by atoms with van der Waals surface area (Å²) in [4.78, 5) is 0.165. The van der Waals surface area contributed by atoms with Gasteiger partial charge in [-0.3, -0.25) is 0 Å². The van der Waals surface area contributed by atoms with Crippen molar-refractivity contribution in [3.8, 4) is 0 Å². The summed E-state index contributed by atoms with van der Waals surface area (Å²) in [7, 11) is -3.60. The summed E-state index contributed by atoms with van der Waals surface area (Å²) in [6.07, 6.45) is 3.77. The van der Waals surface area contributed by atoms with Crippen LogP contribution >= 0.6 is 0 Å². The van der Waals surface area contributed by atoms with E-state index in [2.05, 4.69) is 19.2 Å². The molecule has 0 aliphatic heterocycles. The Bertz CT molecular complexity index is 521. The van der Waals surface area contributed by atoms with Gasteiger partial charge < -0.3 is 5.32 Å². The zero-order valence-corrected chi connectivity index (χ0v) is 12.3. The highest BCUT2D eigenvalue weighted by atomic mass is 32.2. The molecule has 2 unspecified atom stereocenters. The Morgan fingerprint density at radius 2 is 1.89 bits per heavy atom. The van der Waals surface area contributed by atoms with Crippen molar-refractivity contribution in [1.82, 2.24) is 5.32 Å².